The van der Waals surface area contributed by atoms with E-state index in [4.69, 9.17) is 11.6 Å². The molecule has 1 unspecified atom stereocenters. The van der Waals surface area contributed by atoms with Gasteiger partial charge < -0.3 is 10.2 Å². The molecule has 414 valence electrons. The summed E-state index contributed by atoms with van der Waals surface area (Å²) in [5, 5.41) is 6.27. The molecule has 0 bridgehead atoms. The number of rotatable bonds is 15. The third kappa shape index (κ3) is 12.4. The van der Waals surface area contributed by atoms with Gasteiger partial charge >= 0.3 is 0 Å². The zero-order valence-corrected chi connectivity index (χ0v) is 47.0. The van der Waals surface area contributed by atoms with Crippen LogP contribution in [0.4, 0.5) is 11.4 Å². The molecule has 20 heteroatoms. The maximum Gasteiger partial charge on any atom is 0.264 e. The molecule has 78 heavy (non-hydrogen) atoms. The summed E-state index contributed by atoms with van der Waals surface area (Å²) in [6.45, 7) is 13.5. The largest absolute Gasteiger partial charge is 0.384 e. The maximum absolute atomic E-state index is 13.6. The first-order valence-electron chi connectivity index (χ1n) is 27.2. The van der Waals surface area contributed by atoms with Crippen molar-refractivity contribution in [3.8, 4) is 0 Å². The van der Waals surface area contributed by atoms with Gasteiger partial charge in [0.05, 0.1) is 26.6 Å². The van der Waals surface area contributed by atoms with Crippen molar-refractivity contribution in [1.29, 1.82) is 0 Å². The van der Waals surface area contributed by atoms with Crippen molar-refractivity contribution in [2.75, 3.05) is 81.9 Å². The molecule has 10 rings (SSSR count). The first kappa shape index (κ1) is 55.4. The second-order valence-corrected chi connectivity index (χ2v) is 26.9. The van der Waals surface area contributed by atoms with E-state index in [0.717, 1.165) is 137 Å². The van der Waals surface area contributed by atoms with Crippen LogP contribution in [-0.4, -0.2) is 150 Å². The number of amides is 5. The Hall–Kier alpha value is -5.96. The summed E-state index contributed by atoms with van der Waals surface area (Å²) >= 11 is 6.21. The summed E-state index contributed by atoms with van der Waals surface area (Å²) in [5.41, 5.74) is 7.27. The Labute approximate surface area is 462 Å². The van der Waals surface area contributed by atoms with Crippen molar-refractivity contribution in [1.82, 2.24) is 29.6 Å². The van der Waals surface area contributed by atoms with Crippen LogP contribution in [-0.2, 0) is 36.0 Å². The van der Waals surface area contributed by atoms with Gasteiger partial charge in [-0.1, -0.05) is 49.2 Å². The number of anilines is 2. The minimum Gasteiger partial charge on any atom is -0.384 e. The fourth-order valence-electron chi connectivity index (χ4n) is 12.3. The number of hydrogen-bond donors (Lipinski definition) is 3. The third-order valence-corrected chi connectivity index (χ3v) is 19.5. The van der Waals surface area contributed by atoms with Crippen molar-refractivity contribution in [3.05, 3.63) is 123 Å². The van der Waals surface area contributed by atoms with E-state index >= 15 is 0 Å². The number of allylic oxidation sites excluding steroid dienone is 1. The van der Waals surface area contributed by atoms with Crippen LogP contribution in [0.3, 0.4) is 0 Å². The number of carbonyl (C=O) groups is 5. The van der Waals surface area contributed by atoms with Crippen LogP contribution < -0.4 is 20.3 Å². The number of piperidine rings is 1. The highest BCUT2D eigenvalue weighted by Crippen LogP contribution is 2.43. The predicted octanol–water partition coefficient (Wildman–Crippen LogP) is 6.84. The molecule has 4 aromatic rings. The average Bonchev–Trinajstić information content (AvgIpc) is 3.86. The zero-order valence-electron chi connectivity index (χ0n) is 44.6. The number of benzene rings is 4. The molecule has 3 saturated heterocycles. The van der Waals surface area contributed by atoms with E-state index in [9.17, 15) is 40.8 Å². The molecule has 0 spiro atoms. The summed E-state index contributed by atoms with van der Waals surface area (Å²) < 4.78 is 55.6. The van der Waals surface area contributed by atoms with Crippen LogP contribution in [0.25, 0.3) is 5.57 Å². The Morgan fingerprint density at radius 1 is 0.731 bits per heavy atom. The van der Waals surface area contributed by atoms with Gasteiger partial charge in [-0.25, -0.2) is 21.6 Å². The van der Waals surface area contributed by atoms with Crippen molar-refractivity contribution in [2.24, 2.45) is 11.3 Å². The summed E-state index contributed by atoms with van der Waals surface area (Å²) in [4.78, 5) is 74.2. The Kier molecular flexibility index (Phi) is 16.1. The number of nitrogens with zero attached hydrogens (tertiary/aromatic N) is 5. The number of halogens is 1. The predicted molar refractivity (Wildman–Crippen MR) is 300 cm³/mol. The average molecular weight is 1120 g/mol. The Bertz CT molecular complexity index is 3250. The summed E-state index contributed by atoms with van der Waals surface area (Å²) in [6.07, 6.45) is 8.30. The van der Waals surface area contributed by atoms with Crippen LogP contribution in [0.5, 0.6) is 0 Å². The number of sulfonamides is 1. The lowest BCUT2D eigenvalue weighted by molar-refractivity contribution is -0.136. The highest BCUT2D eigenvalue weighted by Gasteiger charge is 2.45. The lowest BCUT2D eigenvalue weighted by Crippen LogP contribution is -2.54. The third-order valence-electron chi connectivity index (χ3n) is 16.8. The monoisotopic (exact) mass is 1120 g/mol. The molecule has 1 atom stereocenters. The van der Waals surface area contributed by atoms with E-state index in [0.29, 0.717) is 24.8 Å². The Morgan fingerprint density at radius 3 is 2.08 bits per heavy atom. The second-order valence-electron chi connectivity index (χ2n) is 22.8. The quantitative estimate of drug-likeness (QED) is 0.104. The van der Waals surface area contributed by atoms with Crippen molar-refractivity contribution >= 4 is 77.9 Å². The molecule has 0 radical (unpaired) electrons. The first-order chi connectivity index (χ1) is 37.2. The van der Waals surface area contributed by atoms with E-state index in [2.05, 4.69) is 60.9 Å². The van der Waals surface area contributed by atoms with Gasteiger partial charge in [0.2, 0.25) is 11.8 Å². The molecular weight excluding hydrogens is 1050 g/mol. The highest BCUT2D eigenvalue weighted by molar-refractivity contribution is 7.91. The Morgan fingerprint density at radius 2 is 1.40 bits per heavy atom. The Balaban J connectivity index is 0.674. The first-order valence-corrected chi connectivity index (χ1v) is 30.9. The van der Waals surface area contributed by atoms with Gasteiger partial charge in [0.25, 0.3) is 27.7 Å². The van der Waals surface area contributed by atoms with E-state index in [1.807, 2.05) is 30.3 Å². The number of fused-ring (bicyclic) bond motifs is 1. The van der Waals surface area contributed by atoms with Crippen molar-refractivity contribution in [2.45, 2.75) is 100 Å². The minimum atomic E-state index is -4.44. The second kappa shape index (κ2) is 22.7. The lowest BCUT2D eigenvalue weighted by atomic mass is 9.73. The number of carbonyl (C=O) groups excluding carboxylic acids is 5. The molecule has 5 amide bonds. The van der Waals surface area contributed by atoms with Crippen LogP contribution in [0.15, 0.2) is 100 Å². The standard InChI is InChI=1S/C58H69ClN8O9S2/c1-58(2)23-22-47(40-7-11-43(59)12-8-40)42(34-58)37-64-26-30-66(31-27-64)45-15-9-41(10-16-45)54(69)62-78(75,76)46-17-19-50(52(33-46)77(3,73)74)60-35-38-4-13-44(14-5-38)65-28-24-63(25-29-65)36-39-6-18-48-49(32-39)57(72)67(56(48)71)51-20-21-53(68)61-55(51)70/h6-12,15-19,32-33,38,44,51,60H,4-5,13-14,20-31,34-37H2,1-3H3,(H,62,69)(H,61,68,70)/t38-,44-,51?. The van der Waals surface area contributed by atoms with Gasteiger partial charge in [0.15, 0.2) is 9.84 Å². The van der Waals surface area contributed by atoms with Crippen LogP contribution in [0.1, 0.15) is 114 Å². The van der Waals surface area contributed by atoms with Crippen molar-refractivity contribution < 1.29 is 40.8 Å². The van der Waals surface area contributed by atoms with Gasteiger partial charge in [-0.3, -0.25) is 48.9 Å². The summed E-state index contributed by atoms with van der Waals surface area (Å²) in [7, 11) is -8.32. The number of sulfone groups is 1. The molecule has 17 nitrogen and oxygen atoms in total. The number of piperazine rings is 2. The van der Waals surface area contributed by atoms with Gasteiger partial charge in [0.1, 0.15) is 6.04 Å². The topological polar surface area (TPSA) is 206 Å². The molecule has 4 heterocycles. The zero-order chi connectivity index (χ0) is 55.1. The molecule has 4 aliphatic heterocycles. The molecule has 0 aromatic heterocycles. The molecule has 1 saturated carbocycles. The van der Waals surface area contributed by atoms with Gasteiger partial charge in [-0.05, 0) is 146 Å². The molecular formula is C58H69ClN8O9S2. The lowest BCUT2D eigenvalue weighted by Gasteiger charge is -2.42. The van der Waals surface area contributed by atoms with Crippen molar-refractivity contribution in [3.63, 3.8) is 0 Å². The van der Waals surface area contributed by atoms with Gasteiger partial charge in [-0.2, -0.15) is 0 Å². The molecule has 6 aliphatic rings. The van der Waals surface area contributed by atoms with Crippen LogP contribution in [0, 0.1) is 11.3 Å². The minimum absolute atomic E-state index is 0.0663. The smallest absolute Gasteiger partial charge is 0.264 e. The molecule has 2 aliphatic carbocycles. The number of imide groups is 2. The van der Waals surface area contributed by atoms with E-state index < -0.39 is 55.4 Å². The number of hydrogen-bond acceptors (Lipinski definition) is 14. The van der Waals surface area contributed by atoms with Crippen LogP contribution >= 0.6 is 11.6 Å². The maximum atomic E-state index is 13.6. The summed E-state index contributed by atoms with van der Waals surface area (Å²) in [5.74, 6) is -2.61. The molecule has 4 aromatic carbocycles. The van der Waals surface area contributed by atoms with Gasteiger partial charge in [-0.15, -0.1) is 0 Å². The SMILES string of the molecule is CC1(C)CCC(c2ccc(Cl)cc2)=C(CN2CCN(c3ccc(C(=O)NS(=O)(=O)c4ccc(NC[C@H]5CC[C@H](N6CCN(Cc7ccc8c(c7)C(=O)N(C7CCC(=O)NC7=O)C8=O)CC6)CC5)c(S(C)(=O)=O)c4)cc3)CC2)C1. The van der Waals surface area contributed by atoms with E-state index in [-0.39, 0.29) is 50.7 Å². The van der Waals surface area contributed by atoms with E-state index in [1.165, 1.54) is 28.8 Å². The van der Waals surface area contributed by atoms with Gasteiger partial charge in [0, 0.05) is 107 Å². The normalized spacial score (nSPS) is 22.8. The molecule has 3 N–H and O–H groups in total. The van der Waals surface area contributed by atoms with Crippen LogP contribution in [0.2, 0.25) is 5.02 Å². The summed E-state index contributed by atoms with van der Waals surface area (Å²) in [6, 6.07) is 23.6. The fraction of sp³-hybridized carbons (Fsp3) is 0.466. The number of nitrogens with one attached hydrogen (secondary N) is 3. The van der Waals surface area contributed by atoms with E-state index in [1.54, 1.807) is 24.3 Å². The fourth-order valence-corrected chi connectivity index (χ4v) is 14.4. The molecule has 4 fully saturated rings. The highest BCUT2D eigenvalue weighted by atomic mass is 35.5.